The summed E-state index contributed by atoms with van der Waals surface area (Å²) in [6.07, 6.45) is 2.03. The molecule has 84 valence electrons. The molecule has 2 heterocycles. The number of rotatable bonds is 3. The standard InChI is InChI=1S/C11H20N4/c1-2-15-8-10(12)7-11(15)9-14-5-3-13-4-6-14/h7-8,13H,2-6,9,12H2,1H3. The Morgan fingerprint density at radius 1 is 1.40 bits per heavy atom. The van der Waals surface area contributed by atoms with Gasteiger partial charge in [-0.15, -0.1) is 0 Å². The van der Waals surface area contributed by atoms with E-state index < -0.39 is 0 Å². The molecule has 0 radical (unpaired) electrons. The molecule has 0 saturated carbocycles. The Hall–Kier alpha value is -1.00. The molecule has 1 fully saturated rings. The lowest BCUT2D eigenvalue weighted by Gasteiger charge is -2.27. The molecule has 15 heavy (non-hydrogen) atoms. The maximum atomic E-state index is 5.81. The van der Waals surface area contributed by atoms with Crippen LogP contribution in [-0.2, 0) is 13.1 Å². The minimum atomic E-state index is 0.877. The third kappa shape index (κ3) is 2.52. The average Bonchev–Trinajstić information content (AvgIpc) is 2.60. The van der Waals surface area contributed by atoms with Crippen LogP contribution in [0.3, 0.4) is 0 Å². The zero-order valence-corrected chi connectivity index (χ0v) is 9.37. The number of hydrogen-bond donors (Lipinski definition) is 2. The minimum absolute atomic E-state index is 0.877. The predicted octanol–water partition coefficient (Wildman–Crippen LogP) is 0.495. The monoisotopic (exact) mass is 208 g/mol. The molecule has 2 rings (SSSR count). The Labute approximate surface area is 91.0 Å². The fourth-order valence-electron chi connectivity index (χ4n) is 2.10. The van der Waals surface area contributed by atoms with Gasteiger partial charge in [-0.2, -0.15) is 0 Å². The van der Waals surface area contributed by atoms with Gasteiger partial charge >= 0.3 is 0 Å². The molecule has 1 aliphatic heterocycles. The lowest BCUT2D eigenvalue weighted by Crippen LogP contribution is -2.43. The molecule has 1 aromatic heterocycles. The Balaban J connectivity index is 2.02. The van der Waals surface area contributed by atoms with Crippen LogP contribution in [0.1, 0.15) is 12.6 Å². The summed E-state index contributed by atoms with van der Waals surface area (Å²) in [7, 11) is 0. The van der Waals surface area contributed by atoms with Gasteiger partial charge in [-0.25, -0.2) is 0 Å². The molecule has 0 unspecified atom stereocenters. The number of nitrogens with one attached hydrogen (secondary N) is 1. The van der Waals surface area contributed by atoms with Gasteiger partial charge in [0.15, 0.2) is 0 Å². The second kappa shape index (κ2) is 4.68. The fourth-order valence-corrected chi connectivity index (χ4v) is 2.10. The molecular weight excluding hydrogens is 188 g/mol. The molecule has 1 aliphatic rings. The number of nitrogen functional groups attached to an aromatic ring is 1. The number of aromatic nitrogens is 1. The van der Waals surface area contributed by atoms with Gasteiger partial charge in [0.05, 0.1) is 0 Å². The first-order valence-corrected chi connectivity index (χ1v) is 5.67. The highest BCUT2D eigenvalue weighted by molar-refractivity contribution is 5.38. The zero-order chi connectivity index (χ0) is 10.7. The van der Waals surface area contributed by atoms with Gasteiger partial charge in [0.1, 0.15) is 0 Å². The number of nitrogens with zero attached hydrogens (tertiary/aromatic N) is 2. The molecule has 1 saturated heterocycles. The van der Waals surface area contributed by atoms with E-state index in [-0.39, 0.29) is 0 Å². The van der Waals surface area contributed by atoms with E-state index in [0.29, 0.717) is 0 Å². The van der Waals surface area contributed by atoms with E-state index in [1.54, 1.807) is 0 Å². The number of hydrogen-bond acceptors (Lipinski definition) is 3. The molecule has 0 bridgehead atoms. The van der Waals surface area contributed by atoms with Crippen molar-refractivity contribution in [3.63, 3.8) is 0 Å². The number of anilines is 1. The highest BCUT2D eigenvalue weighted by atomic mass is 15.2. The zero-order valence-electron chi connectivity index (χ0n) is 9.37. The lowest BCUT2D eigenvalue weighted by atomic mass is 10.3. The van der Waals surface area contributed by atoms with Crippen molar-refractivity contribution < 1.29 is 0 Å². The highest BCUT2D eigenvalue weighted by Crippen LogP contribution is 2.13. The third-order valence-electron chi connectivity index (χ3n) is 2.94. The molecule has 4 heteroatoms. The van der Waals surface area contributed by atoms with Gasteiger partial charge in [0.2, 0.25) is 0 Å². The quantitative estimate of drug-likeness (QED) is 0.760. The van der Waals surface area contributed by atoms with Crippen molar-refractivity contribution in [1.82, 2.24) is 14.8 Å². The van der Waals surface area contributed by atoms with E-state index in [4.69, 9.17) is 5.73 Å². The molecule has 0 amide bonds. The first kappa shape index (κ1) is 10.5. The molecule has 0 spiro atoms. The Morgan fingerprint density at radius 3 is 2.80 bits per heavy atom. The second-order valence-electron chi connectivity index (χ2n) is 4.08. The van der Waals surface area contributed by atoms with Crippen LogP contribution < -0.4 is 11.1 Å². The van der Waals surface area contributed by atoms with E-state index in [1.807, 2.05) is 6.20 Å². The number of aryl methyl sites for hydroxylation is 1. The molecule has 1 aromatic rings. The van der Waals surface area contributed by atoms with Crippen molar-refractivity contribution >= 4 is 5.69 Å². The van der Waals surface area contributed by atoms with Crippen molar-refractivity contribution in [3.8, 4) is 0 Å². The van der Waals surface area contributed by atoms with Gasteiger partial charge < -0.3 is 15.6 Å². The summed E-state index contributed by atoms with van der Waals surface area (Å²) in [5, 5.41) is 3.36. The second-order valence-corrected chi connectivity index (χ2v) is 4.08. The van der Waals surface area contributed by atoms with E-state index >= 15 is 0 Å². The van der Waals surface area contributed by atoms with Gasteiger partial charge in [0.25, 0.3) is 0 Å². The molecule has 4 nitrogen and oxygen atoms in total. The minimum Gasteiger partial charge on any atom is -0.397 e. The van der Waals surface area contributed by atoms with Crippen LogP contribution >= 0.6 is 0 Å². The summed E-state index contributed by atoms with van der Waals surface area (Å²) in [5.74, 6) is 0. The van der Waals surface area contributed by atoms with E-state index in [0.717, 1.165) is 45.0 Å². The predicted molar refractivity (Wildman–Crippen MR) is 62.7 cm³/mol. The Morgan fingerprint density at radius 2 is 2.13 bits per heavy atom. The van der Waals surface area contributed by atoms with Gasteiger partial charge in [-0.3, -0.25) is 4.90 Å². The number of nitrogens with two attached hydrogens (primary N) is 1. The summed E-state index contributed by atoms with van der Waals surface area (Å²) in [4.78, 5) is 2.47. The van der Waals surface area contributed by atoms with Crippen LogP contribution in [0, 0.1) is 0 Å². The molecule has 0 aromatic carbocycles. The molecule has 3 N–H and O–H groups in total. The van der Waals surface area contributed by atoms with Gasteiger partial charge in [-0.05, 0) is 13.0 Å². The summed E-state index contributed by atoms with van der Waals surface area (Å²) in [6.45, 7) is 8.64. The summed E-state index contributed by atoms with van der Waals surface area (Å²) < 4.78 is 2.23. The van der Waals surface area contributed by atoms with Crippen LogP contribution in [0.4, 0.5) is 5.69 Å². The maximum absolute atomic E-state index is 5.81. The topological polar surface area (TPSA) is 46.2 Å². The Bertz CT molecular complexity index is 312. The highest BCUT2D eigenvalue weighted by Gasteiger charge is 2.12. The fraction of sp³-hybridized carbons (Fsp3) is 0.636. The first-order valence-electron chi connectivity index (χ1n) is 5.67. The summed E-state index contributed by atoms with van der Waals surface area (Å²) >= 11 is 0. The van der Waals surface area contributed by atoms with Crippen LogP contribution in [0.15, 0.2) is 12.3 Å². The number of piperazine rings is 1. The SMILES string of the molecule is CCn1cc(N)cc1CN1CCNCC1. The van der Waals surface area contributed by atoms with Crippen LogP contribution in [0.2, 0.25) is 0 Å². The van der Waals surface area contributed by atoms with Gasteiger partial charge in [-0.1, -0.05) is 0 Å². The van der Waals surface area contributed by atoms with Gasteiger partial charge in [0, 0.05) is 56.8 Å². The molecule has 0 atom stereocenters. The summed E-state index contributed by atoms with van der Waals surface area (Å²) in [6, 6.07) is 2.09. The smallest absolute Gasteiger partial charge is 0.0497 e. The molecular formula is C11H20N4. The normalized spacial score (nSPS) is 18.2. The van der Waals surface area contributed by atoms with Crippen molar-refractivity contribution in [3.05, 3.63) is 18.0 Å². The van der Waals surface area contributed by atoms with Crippen LogP contribution in [-0.4, -0.2) is 35.6 Å². The van der Waals surface area contributed by atoms with Crippen molar-refractivity contribution in [1.29, 1.82) is 0 Å². The van der Waals surface area contributed by atoms with Crippen molar-refractivity contribution in [2.45, 2.75) is 20.0 Å². The van der Waals surface area contributed by atoms with E-state index in [9.17, 15) is 0 Å². The van der Waals surface area contributed by atoms with Crippen LogP contribution in [0.25, 0.3) is 0 Å². The van der Waals surface area contributed by atoms with E-state index in [1.165, 1.54) is 5.69 Å². The lowest BCUT2D eigenvalue weighted by molar-refractivity contribution is 0.228. The van der Waals surface area contributed by atoms with Crippen LogP contribution in [0.5, 0.6) is 0 Å². The Kier molecular flexibility index (Phi) is 3.28. The maximum Gasteiger partial charge on any atom is 0.0497 e. The average molecular weight is 208 g/mol. The largest absolute Gasteiger partial charge is 0.397 e. The summed E-state index contributed by atoms with van der Waals surface area (Å²) in [5.41, 5.74) is 8.02. The molecule has 0 aliphatic carbocycles. The van der Waals surface area contributed by atoms with Crippen molar-refractivity contribution in [2.24, 2.45) is 0 Å². The van der Waals surface area contributed by atoms with Crippen molar-refractivity contribution in [2.75, 3.05) is 31.9 Å². The first-order chi connectivity index (χ1) is 7.29. The van der Waals surface area contributed by atoms with E-state index in [2.05, 4.69) is 27.8 Å². The third-order valence-corrected chi connectivity index (χ3v) is 2.94.